The van der Waals surface area contributed by atoms with Gasteiger partial charge in [-0.25, -0.2) is 0 Å². The summed E-state index contributed by atoms with van der Waals surface area (Å²) in [4.78, 5) is 11.9. The fourth-order valence-corrected chi connectivity index (χ4v) is 2.04. The molecule has 2 N–H and O–H groups in total. The predicted molar refractivity (Wildman–Crippen MR) is 73.6 cm³/mol. The Morgan fingerprint density at radius 2 is 2.22 bits per heavy atom. The van der Waals surface area contributed by atoms with Gasteiger partial charge in [0.15, 0.2) is 4.67 Å². The molecule has 1 aromatic heterocycles. The van der Waals surface area contributed by atoms with Crippen LogP contribution in [0.5, 0.6) is 0 Å². The maximum atomic E-state index is 11.9. The maximum Gasteiger partial charge on any atom is 0.260 e. The molecule has 0 atom stereocenters. The summed E-state index contributed by atoms with van der Waals surface area (Å²) in [5, 5.41) is 5.89. The average Bonchev–Trinajstić information content (AvgIpc) is 2.76. The molecule has 1 aromatic carbocycles. The highest BCUT2D eigenvalue weighted by molar-refractivity contribution is 9.10. The van der Waals surface area contributed by atoms with Crippen LogP contribution in [-0.2, 0) is 6.54 Å². The van der Waals surface area contributed by atoms with Crippen molar-refractivity contribution in [1.82, 2.24) is 5.32 Å². The first-order chi connectivity index (χ1) is 8.70. The molecule has 18 heavy (non-hydrogen) atoms. The highest BCUT2D eigenvalue weighted by Crippen LogP contribution is 2.19. The van der Waals surface area contributed by atoms with Crippen LogP contribution in [0.1, 0.15) is 15.9 Å². The second-order valence-corrected chi connectivity index (χ2v) is 4.51. The van der Waals surface area contributed by atoms with E-state index in [4.69, 9.17) is 4.42 Å². The van der Waals surface area contributed by atoms with Crippen LogP contribution in [0.4, 0.5) is 5.69 Å². The quantitative estimate of drug-likeness (QED) is 0.913. The largest absolute Gasteiger partial charge is 0.457 e. The van der Waals surface area contributed by atoms with Crippen LogP contribution >= 0.6 is 15.9 Å². The van der Waals surface area contributed by atoms with Gasteiger partial charge in [0.1, 0.15) is 0 Å². The van der Waals surface area contributed by atoms with Crippen LogP contribution in [0.25, 0.3) is 0 Å². The van der Waals surface area contributed by atoms with Crippen molar-refractivity contribution in [3.63, 3.8) is 0 Å². The monoisotopic (exact) mass is 308 g/mol. The molecule has 0 aliphatic rings. The lowest BCUT2D eigenvalue weighted by atomic mass is 10.2. The van der Waals surface area contributed by atoms with E-state index in [9.17, 15) is 4.79 Å². The Balaban J connectivity index is 2.12. The van der Waals surface area contributed by atoms with Crippen molar-refractivity contribution in [3.05, 3.63) is 52.4 Å². The molecule has 2 aromatic rings. The molecule has 0 aliphatic carbocycles. The van der Waals surface area contributed by atoms with Crippen LogP contribution in [0, 0.1) is 0 Å². The van der Waals surface area contributed by atoms with Crippen molar-refractivity contribution in [1.29, 1.82) is 0 Å². The first-order valence-corrected chi connectivity index (χ1v) is 6.28. The molecular weight excluding hydrogens is 296 g/mol. The van der Waals surface area contributed by atoms with Crippen molar-refractivity contribution in [2.75, 3.05) is 12.4 Å². The number of halogens is 1. The van der Waals surface area contributed by atoms with Crippen LogP contribution in [0.2, 0.25) is 0 Å². The van der Waals surface area contributed by atoms with Crippen molar-refractivity contribution in [2.24, 2.45) is 0 Å². The lowest BCUT2D eigenvalue weighted by molar-refractivity contribution is 0.102. The van der Waals surface area contributed by atoms with Crippen molar-refractivity contribution < 1.29 is 9.21 Å². The number of hydrogen-bond acceptors (Lipinski definition) is 3. The van der Waals surface area contributed by atoms with Crippen molar-refractivity contribution in [3.8, 4) is 0 Å². The van der Waals surface area contributed by atoms with E-state index in [0.717, 1.165) is 17.8 Å². The molecule has 0 spiro atoms. The summed E-state index contributed by atoms with van der Waals surface area (Å²) in [6, 6.07) is 9.32. The number of nitrogens with one attached hydrogen (secondary N) is 2. The van der Waals surface area contributed by atoms with Gasteiger partial charge in [-0.15, -0.1) is 0 Å². The van der Waals surface area contributed by atoms with E-state index in [1.54, 1.807) is 6.07 Å². The molecule has 5 heteroatoms. The third-order valence-corrected chi connectivity index (χ3v) is 3.04. The number of hydrogen-bond donors (Lipinski definition) is 2. The molecular formula is C13H13BrN2O2. The van der Waals surface area contributed by atoms with Gasteiger partial charge in [0.2, 0.25) is 0 Å². The molecule has 0 aliphatic heterocycles. The highest BCUT2D eigenvalue weighted by Gasteiger charge is 2.12. The zero-order valence-corrected chi connectivity index (χ0v) is 11.5. The Bertz CT molecular complexity index is 551. The van der Waals surface area contributed by atoms with Gasteiger partial charge in [-0.05, 0) is 46.7 Å². The van der Waals surface area contributed by atoms with E-state index in [1.165, 1.54) is 6.26 Å². The van der Waals surface area contributed by atoms with Crippen LogP contribution in [-0.4, -0.2) is 13.0 Å². The predicted octanol–water partition coefficient (Wildman–Crippen LogP) is 3.01. The lowest BCUT2D eigenvalue weighted by Crippen LogP contribution is -2.12. The van der Waals surface area contributed by atoms with E-state index >= 15 is 0 Å². The molecule has 0 bridgehead atoms. The summed E-state index contributed by atoms with van der Waals surface area (Å²) in [5.74, 6) is -0.197. The third-order valence-electron chi connectivity index (χ3n) is 2.43. The molecule has 0 fully saturated rings. The van der Waals surface area contributed by atoms with Gasteiger partial charge in [0, 0.05) is 12.2 Å². The minimum atomic E-state index is -0.197. The lowest BCUT2D eigenvalue weighted by Gasteiger charge is -2.06. The van der Waals surface area contributed by atoms with Crippen LogP contribution in [0.15, 0.2) is 45.7 Å². The second-order valence-electron chi connectivity index (χ2n) is 3.79. The smallest absolute Gasteiger partial charge is 0.260 e. The number of benzene rings is 1. The fraction of sp³-hybridized carbons (Fsp3) is 0.154. The van der Waals surface area contributed by atoms with Gasteiger partial charge in [-0.3, -0.25) is 4.79 Å². The normalized spacial score (nSPS) is 10.3. The minimum absolute atomic E-state index is 0.197. The average molecular weight is 309 g/mol. The molecule has 0 unspecified atom stereocenters. The summed E-state index contributed by atoms with van der Waals surface area (Å²) in [6.07, 6.45) is 1.47. The zero-order valence-electron chi connectivity index (χ0n) is 9.87. The number of rotatable bonds is 4. The standard InChI is InChI=1S/C13H13BrN2O2/c1-15-8-9-3-2-4-10(7-9)16-13(17)11-5-6-18-12(11)14/h2-7,15H,8H2,1H3,(H,16,17). The van der Waals surface area contributed by atoms with Gasteiger partial charge < -0.3 is 15.1 Å². The van der Waals surface area contributed by atoms with Gasteiger partial charge in [-0.2, -0.15) is 0 Å². The Hall–Kier alpha value is -1.59. The van der Waals surface area contributed by atoms with Gasteiger partial charge in [0.05, 0.1) is 11.8 Å². The number of amides is 1. The molecule has 94 valence electrons. The summed E-state index contributed by atoms with van der Waals surface area (Å²) < 4.78 is 5.47. The maximum absolute atomic E-state index is 11.9. The number of anilines is 1. The minimum Gasteiger partial charge on any atom is -0.457 e. The number of furan rings is 1. The number of carbonyl (C=O) groups is 1. The van der Waals surface area contributed by atoms with Crippen molar-refractivity contribution >= 4 is 27.5 Å². The molecule has 0 saturated heterocycles. The second kappa shape index (κ2) is 5.84. The summed E-state index contributed by atoms with van der Waals surface area (Å²) in [5.41, 5.74) is 2.36. The topological polar surface area (TPSA) is 54.3 Å². The Morgan fingerprint density at radius 1 is 1.39 bits per heavy atom. The Labute approximate surface area is 114 Å². The van der Waals surface area contributed by atoms with Gasteiger partial charge in [0.25, 0.3) is 5.91 Å². The summed E-state index contributed by atoms with van der Waals surface area (Å²) in [7, 11) is 1.88. The number of carbonyl (C=O) groups excluding carboxylic acids is 1. The fourth-order valence-electron chi connectivity index (χ4n) is 1.62. The SMILES string of the molecule is CNCc1cccc(NC(=O)c2ccoc2Br)c1. The highest BCUT2D eigenvalue weighted by atomic mass is 79.9. The van der Waals surface area contributed by atoms with Crippen LogP contribution in [0.3, 0.4) is 0 Å². The first-order valence-electron chi connectivity index (χ1n) is 5.48. The molecule has 0 saturated carbocycles. The molecule has 2 rings (SSSR count). The van der Waals surface area contributed by atoms with E-state index in [0.29, 0.717) is 10.2 Å². The molecule has 1 amide bonds. The molecule has 1 heterocycles. The Morgan fingerprint density at radius 3 is 2.89 bits per heavy atom. The van der Waals surface area contributed by atoms with Gasteiger partial charge in [-0.1, -0.05) is 12.1 Å². The summed E-state index contributed by atoms with van der Waals surface area (Å²) >= 11 is 3.18. The summed E-state index contributed by atoms with van der Waals surface area (Å²) in [6.45, 7) is 0.763. The van der Waals surface area contributed by atoms with Crippen LogP contribution < -0.4 is 10.6 Å². The van der Waals surface area contributed by atoms with E-state index in [1.807, 2.05) is 31.3 Å². The Kier molecular flexibility index (Phi) is 4.17. The third kappa shape index (κ3) is 3.00. The van der Waals surface area contributed by atoms with E-state index < -0.39 is 0 Å². The first kappa shape index (κ1) is 12.9. The van der Waals surface area contributed by atoms with E-state index in [2.05, 4.69) is 26.6 Å². The molecule has 0 radical (unpaired) electrons. The van der Waals surface area contributed by atoms with Crippen molar-refractivity contribution in [2.45, 2.75) is 6.54 Å². The van der Waals surface area contributed by atoms with E-state index in [-0.39, 0.29) is 5.91 Å². The van der Waals surface area contributed by atoms with Gasteiger partial charge >= 0.3 is 0 Å². The molecule has 4 nitrogen and oxygen atoms in total. The zero-order chi connectivity index (χ0) is 13.0.